The molecule has 0 spiro atoms. The van der Waals surface area contributed by atoms with Gasteiger partial charge in [-0.25, -0.2) is 4.98 Å². The van der Waals surface area contributed by atoms with E-state index in [-0.39, 0.29) is 24.0 Å². The zero-order chi connectivity index (χ0) is 17.2. The van der Waals surface area contributed by atoms with E-state index in [9.17, 15) is 0 Å². The van der Waals surface area contributed by atoms with E-state index in [0.717, 1.165) is 62.2 Å². The van der Waals surface area contributed by atoms with Gasteiger partial charge in [-0.3, -0.25) is 4.99 Å². The number of thiazole rings is 1. The van der Waals surface area contributed by atoms with Crippen molar-refractivity contribution in [3.63, 3.8) is 0 Å². The predicted molar refractivity (Wildman–Crippen MR) is 114 cm³/mol. The van der Waals surface area contributed by atoms with Gasteiger partial charge in [-0.2, -0.15) is 0 Å². The second kappa shape index (κ2) is 12.2. The number of hydrogen-bond donors (Lipinski definition) is 2. The number of nitrogens with zero attached hydrogens (tertiary/aromatic N) is 5. The molecule has 0 atom stereocenters. The lowest BCUT2D eigenvalue weighted by Gasteiger charge is -2.12. The van der Waals surface area contributed by atoms with Crippen LogP contribution in [-0.2, 0) is 25.8 Å². The summed E-state index contributed by atoms with van der Waals surface area (Å²) in [6.07, 6.45) is 6.57. The third-order valence-corrected chi connectivity index (χ3v) is 4.75. The van der Waals surface area contributed by atoms with Crippen LogP contribution in [0.15, 0.2) is 17.5 Å². The summed E-state index contributed by atoms with van der Waals surface area (Å²) in [5.74, 6) is 1.85. The normalized spacial score (nSPS) is 11.2. The van der Waals surface area contributed by atoms with Crippen LogP contribution in [0.25, 0.3) is 0 Å². The molecule has 9 heteroatoms. The van der Waals surface area contributed by atoms with Crippen molar-refractivity contribution in [1.82, 2.24) is 30.4 Å². The topological polar surface area (TPSA) is 80.0 Å². The molecule has 140 valence electrons. The summed E-state index contributed by atoms with van der Waals surface area (Å²) >= 11 is 1.78. The Morgan fingerprint density at radius 3 is 2.76 bits per heavy atom. The smallest absolute Gasteiger partial charge is 0.191 e. The van der Waals surface area contributed by atoms with Crippen LogP contribution in [0.4, 0.5) is 0 Å². The molecule has 0 aliphatic carbocycles. The van der Waals surface area contributed by atoms with E-state index in [2.05, 4.69) is 56.1 Å². The fourth-order valence-corrected chi connectivity index (χ4v) is 3.12. The molecule has 0 saturated carbocycles. The predicted octanol–water partition coefficient (Wildman–Crippen LogP) is 2.28. The standard InChI is InChI=1S/C16H27N7S.HI/c1-4-13-11-20-15(24-13)7-8-18-16(17-6-3)19-9-10-23-12-21-22-14(23)5-2;/h11-12H,4-10H2,1-3H3,(H2,17,18,19);1H. The third kappa shape index (κ3) is 7.27. The summed E-state index contributed by atoms with van der Waals surface area (Å²) in [7, 11) is 0. The number of aromatic nitrogens is 4. The minimum absolute atomic E-state index is 0. The highest BCUT2D eigenvalue weighted by Crippen LogP contribution is 2.13. The molecule has 7 nitrogen and oxygen atoms in total. The first kappa shape index (κ1) is 21.8. The fraction of sp³-hybridized carbons (Fsp3) is 0.625. The van der Waals surface area contributed by atoms with Crippen LogP contribution in [0.1, 0.15) is 36.5 Å². The first-order valence-corrected chi connectivity index (χ1v) is 9.40. The molecule has 25 heavy (non-hydrogen) atoms. The van der Waals surface area contributed by atoms with Crippen LogP contribution < -0.4 is 10.6 Å². The molecular formula is C16H28IN7S. The zero-order valence-corrected chi connectivity index (χ0v) is 18.3. The van der Waals surface area contributed by atoms with E-state index >= 15 is 0 Å². The Hall–Kier alpha value is -1.23. The monoisotopic (exact) mass is 477 g/mol. The quantitative estimate of drug-likeness (QED) is 0.329. The van der Waals surface area contributed by atoms with Gasteiger partial charge in [-0.1, -0.05) is 13.8 Å². The van der Waals surface area contributed by atoms with Gasteiger partial charge < -0.3 is 15.2 Å². The van der Waals surface area contributed by atoms with E-state index < -0.39 is 0 Å². The van der Waals surface area contributed by atoms with Gasteiger partial charge >= 0.3 is 0 Å². The molecule has 0 saturated heterocycles. The second-order valence-corrected chi connectivity index (χ2v) is 6.51. The molecule has 2 rings (SSSR count). The van der Waals surface area contributed by atoms with E-state index in [1.165, 1.54) is 4.88 Å². The Balaban J connectivity index is 0.00000312. The number of rotatable bonds is 9. The van der Waals surface area contributed by atoms with Crippen molar-refractivity contribution in [3.8, 4) is 0 Å². The van der Waals surface area contributed by atoms with Crippen LogP contribution in [-0.4, -0.2) is 45.3 Å². The molecule has 2 aromatic rings. The SMILES string of the molecule is CCNC(=NCCc1ncc(CC)s1)NCCn1cnnc1CC.I. The molecule has 0 bridgehead atoms. The molecule has 0 aliphatic rings. The number of aryl methyl sites for hydroxylation is 2. The molecule has 0 fully saturated rings. The second-order valence-electron chi connectivity index (χ2n) is 5.31. The van der Waals surface area contributed by atoms with E-state index in [1.807, 2.05) is 6.20 Å². The Morgan fingerprint density at radius 1 is 1.24 bits per heavy atom. The maximum Gasteiger partial charge on any atom is 0.191 e. The van der Waals surface area contributed by atoms with Crippen LogP contribution in [0, 0.1) is 0 Å². The molecule has 0 amide bonds. The number of nitrogens with one attached hydrogen (secondary N) is 2. The summed E-state index contributed by atoms with van der Waals surface area (Å²) in [5.41, 5.74) is 0. The summed E-state index contributed by atoms with van der Waals surface area (Å²) < 4.78 is 2.07. The molecule has 2 aromatic heterocycles. The van der Waals surface area contributed by atoms with Crippen molar-refractivity contribution in [1.29, 1.82) is 0 Å². The Labute approximate surface area is 170 Å². The molecular weight excluding hydrogens is 449 g/mol. The highest BCUT2D eigenvalue weighted by atomic mass is 127. The third-order valence-electron chi connectivity index (χ3n) is 3.55. The van der Waals surface area contributed by atoms with Crippen molar-refractivity contribution < 1.29 is 0 Å². The van der Waals surface area contributed by atoms with Gasteiger partial charge in [0.05, 0.1) is 5.01 Å². The molecule has 0 unspecified atom stereocenters. The fourth-order valence-electron chi connectivity index (χ4n) is 2.27. The Morgan fingerprint density at radius 2 is 2.08 bits per heavy atom. The van der Waals surface area contributed by atoms with Gasteiger partial charge in [-0.05, 0) is 13.3 Å². The highest BCUT2D eigenvalue weighted by molar-refractivity contribution is 14.0. The van der Waals surface area contributed by atoms with Crippen LogP contribution >= 0.6 is 35.3 Å². The highest BCUT2D eigenvalue weighted by Gasteiger charge is 2.03. The van der Waals surface area contributed by atoms with Gasteiger partial charge in [0.1, 0.15) is 12.2 Å². The van der Waals surface area contributed by atoms with Gasteiger partial charge in [0, 0.05) is 50.1 Å². The zero-order valence-electron chi connectivity index (χ0n) is 15.2. The summed E-state index contributed by atoms with van der Waals surface area (Å²) in [5, 5.41) is 15.8. The number of guanidine groups is 1. The average Bonchev–Trinajstić information content (AvgIpc) is 3.23. The average molecular weight is 477 g/mol. The first-order valence-electron chi connectivity index (χ1n) is 8.59. The first-order chi connectivity index (χ1) is 11.8. The van der Waals surface area contributed by atoms with Crippen LogP contribution in [0.5, 0.6) is 0 Å². The van der Waals surface area contributed by atoms with Gasteiger partial charge in [0.2, 0.25) is 0 Å². The van der Waals surface area contributed by atoms with E-state index in [1.54, 1.807) is 17.7 Å². The Kier molecular flexibility index (Phi) is 10.6. The minimum atomic E-state index is 0. The Bertz CT molecular complexity index is 638. The summed E-state index contributed by atoms with van der Waals surface area (Å²) in [6, 6.07) is 0. The molecule has 2 heterocycles. The summed E-state index contributed by atoms with van der Waals surface area (Å²) in [6.45, 7) is 9.50. The maximum absolute atomic E-state index is 4.63. The molecule has 0 aromatic carbocycles. The van der Waals surface area contributed by atoms with E-state index in [4.69, 9.17) is 0 Å². The van der Waals surface area contributed by atoms with Gasteiger partial charge in [0.15, 0.2) is 5.96 Å². The lowest BCUT2D eigenvalue weighted by Crippen LogP contribution is -2.39. The van der Waals surface area contributed by atoms with Crippen molar-refractivity contribution in [2.45, 2.75) is 46.6 Å². The minimum Gasteiger partial charge on any atom is -0.357 e. The van der Waals surface area contributed by atoms with Crippen LogP contribution in [0.2, 0.25) is 0 Å². The van der Waals surface area contributed by atoms with Gasteiger partial charge in [0.25, 0.3) is 0 Å². The van der Waals surface area contributed by atoms with Crippen LogP contribution in [0.3, 0.4) is 0 Å². The number of hydrogen-bond acceptors (Lipinski definition) is 5. The van der Waals surface area contributed by atoms with E-state index in [0.29, 0.717) is 0 Å². The molecule has 0 aliphatic heterocycles. The number of aliphatic imine (C=N–C) groups is 1. The molecule has 2 N–H and O–H groups in total. The lowest BCUT2D eigenvalue weighted by molar-refractivity contribution is 0.632. The number of halogens is 1. The van der Waals surface area contributed by atoms with Crippen molar-refractivity contribution in [2.75, 3.05) is 19.6 Å². The molecule has 0 radical (unpaired) electrons. The lowest BCUT2D eigenvalue weighted by atomic mass is 10.4. The maximum atomic E-state index is 4.63. The summed E-state index contributed by atoms with van der Waals surface area (Å²) in [4.78, 5) is 10.4. The largest absolute Gasteiger partial charge is 0.357 e. The van der Waals surface area contributed by atoms with Crippen molar-refractivity contribution in [2.24, 2.45) is 4.99 Å². The van der Waals surface area contributed by atoms with Crippen molar-refractivity contribution >= 4 is 41.3 Å². The van der Waals surface area contributed by atoms with Crippen molar-refractivity contribution in [3.05, 3.63) is 28.2 Å². The van der Waals surface area contributed by atoms with Gasteiger partial charge in [-0.15, -0.1) is 45.5 Å².